The Labute approximate surface area is 114 Å². The predicted molar refractivity (Wildman–Crippen MR) is 67.9 cm³/mol. The SMILES string of the molecule is NC(=O)CC(NC(=O)C1Cc2ccccc2O1)C(=O)O. The lowest BCUT2D eigenvalue weighted by molar-refractivity contribution is -0.144. The zero-order valence-electron chi connectivity index (χ0n) is 10.5. The maximum Gasteiger partial charge on any atom is 0.326 e. The van der Waals surface area contributed by atoms with Gasteiger partial charge in [-0.1, -0.05) is 18.2 Å². The molecule has 0 saturated carbocycles. The first-order valence-electron chi connectivity index (χ1n) is 6.03. The number of hydrogen-bond acceptors (Lipinski definition) is 4. The summed E-state index contributed by atoms with van der Waals surface area (Å²) in [5.41, 5.74) is 5.83. The Kier molecular flexibility index (Phi) is 3.88. The zero-order valence-corrected chi connectivity index (χ0v) is 10.5. The van der Waals surface area contributed by atoms with Crippen LogP contribution in [0.5, 0.6) is 5.75 Å². The molecule has 0 radical (unpaired) electrons. The number of ether oxygens (including phenoxy) is 1. The number of rotatable bonds is 5. The molecule has 0 spiro atoms. The van der Waals surface area contributed by atoms with Gasteiger partial charge in [0, 0.05) is 6.42 Å². The van der Waals surface area contributed by atoms with E-state index >= 15 is 0 Å². The van der Waals surface area contributed by atoms with E-state index in [1.165, 1.54) is 0 Å². The van der Waals surface area contributed by atoms with Crippen LogP contribution >= 0.6 is 0 Å². The molecular weight excluding hydrogens is 264 g/mol. The number of hydrogen-bond donors (Lipinski definition) is 3. The molecule has 1 aromatic rings. The van der Waals surface area contributed by atoms with Crippen molar-refractivity contribution in [3.8, 4) is 5.75 Å². The molecule has 2 unspecified atom stereocenters. The van der Waals surface area contributed by atoms with Crippen LogP contribution in [0.15, 0.2) is 24.3 Å². The second-order valence-electron chi connectivity index (χ2n) is 4.49. The molecule has 1 aromatic carbocycles. The quantitative estimate of drug-likeness (QED) is 0.666. The van der Waals surface area contributed by atoms with E-state index in [1.54, 1.807) is 12.1 Å². The summed E-state index contributed by atoms with van der Waals surface area (Å²) in [6, 6.07) is 5.84. The number of nitrogens with one attached hydrogen (secondary N) is 1. The van der Waals surface area contributed by atoms with Gasteiger partial charge in [-0.3, -0.25) is 9.59 Å². The lowest BCUT2D eigenvalue weighted by Gasteiger charge is -2.16. The molecule has 1 aliphatic rings. The third kappa shape index (κ3) is 3.05. The van der Waals surface area contributed by atoms with Crippen LogP contribution in [0.25, 0.3) is 0 Å². The van der Waals surface area contributed by atoms with E-state index in [0.29, 0.717) is 12.2 Å². The van der Waals surface area contributed by atoms with Crippen LogP contribution in [0.3, 0.4) is 0 Å². The van der Waals surface area contributed by atoms with E-state index in [-0.39, 0.29) is 0 Å². The normalized spacial score (nSPS) is 17.7. The van der Waals surface area contributed by atoms with Gasteiger partial charge >= 0.3 is 5.97 Å². The molecule has 0 aliphatic carbocycles. The van der Waals surface area contributed by atoms with Crippen LogP contribution in [0, 0.1) is 0 Å². The van der Waals surface area contributed by atoms with Gasteiger partial charge in [0.15, 0.2) is 6.10 Å². The second-order valence-corrected chi connectivity index (χ2v) is 4.49. The molecule has 2 amide bonds. The average Bonchev–Trinajstić information content (AvgIpc) is 2.81. The number of carboxylic acid groups (broad SMARTS) is 1. The summed E-state index contributed by atoms with van der Waals surface area (Å²) in [4.78, 5) is 33.7. The van der Waals surface area contributed by atoms with Gasteiger partial charge in [-0.25, -0.2) is 4.79 Å². The van der Waals surface area contributed by atoms with Gasteiger partial charge in [0.05, 0.1) is 6.42 Å². The number of aliphatic carboxylic acids is 1. The van der Waals surface area contributed by atoms with Crippen molar-refractivity contribution >= 4 is 17.8 Å². The van der Waals surface area contributed by atoms with Crippen LogP contribution in [-0.4, -0.2) is 35.0 Å². The highest BCUT2D eigenvalue weighted by molar-refractivity contribution is 5.90. The highest BCUT2D eigenvalue weighted by Crippen LogP contribution is 2.28. The van der Waals surface area contributed by atoms with Crippen LogP contribution in [0.4, 0.5) is 0 Å². The van der Waals surface area contributed by atoms with Crippen molar-refractivity contribution in [1.82, 2.24) is 5.32 Å². The molecular formula is C13H14N2O5. The molecule has 1 heterocycles. The standard InChI is InChI=1S/C13H14N2O5/c14-11(16)6-8(13(18)19)15-12(17)10-5-7-3-1-2-4-9(7)20-10/h1-4,8,10H,5-6H2,(H2,14,16)(H,15,17)(H,18,19). The first kappa shape index (κ1) is 13.9. The van der Waals surface area contributed by atoms with Crippen LogP contribution in [0.1, 0.15) is 12.0 Å². The van der Waals surface area contributed by atoms with Gasteiger partial charge in [0.2, 0.25) is 5.91 Å². The Morgan fingerprint density at radius 1 is 1.40 bits per heavy atom. The van der Waals surface area contributed by atoms with Gasteiger partial charge in [-0.2, -0.15) is 0 Å². The number of nitrogens with two attached hydrogens (primary N) is 1. The van der Waals surface area contributed by atoms with Crippen molar-refractivity contribution in [2.24, 2.45) is 5.73 Å². The summed E-state index contributed by atoms with van der Waals surface area (Å²) in [6.07, 6.45) is -0.881. The number of amides is 2. The monoisotopic (exact) mass is 278 g/mol. The maximum atomic E-state index is 12.0. The summed E-state index contributed by atoms with van der Waals surface area (Å²) < 4.78 is 5.43. The lowest BCUT2D eigenvalue weighted by atomic mass is 10.1. The molecule has 0 bridgehead atoms. The molecule has 7 heteroatoms. The van der Waals surface area contributed by atoms with E-state index in [9.17, 15) is 14.4 Å². The molecule has 20 heavy (non-hydrogen) atoms. The van der Waals surface area contributed by atoms with Crippen LogP contribution < -0.4 is 15.8 Å². The van der Waals surface area contributed by atoms with Crippen molar-refractivity contribution in [1.29, 1.82) is 0 Å². The third-order valence-electron chi connectivity index (χ3n) is 2.96. The Bertz CT molecular complexity index is 532. The topological polar surface area (TPSA) is 119 Å². The molecule has 4 N–H and O–H groups in total. The van der Waals surface area contributed by atoms with E-state index in [1.807, 2.05) is 12.1 Å². The Morgan fingerprint density at radius 2 is 2.10 bits per heavy atom. The summed E-state index contributed by atoms with van der Waals surface area (Å²) in [6.45, 7) is 0. The van der Waals surface area contributed by atoms with Crippen molar-refractivity contribution < 1.29 is 24.2 Å². The van der Waals surface area contributed by atoms with Gasteiger partial charge in [0.25, 0.3) is 5.91 Å². The third-order valence-corrected chi connectivity index (χ3v) is 2.96. The van der Waals surface area contributed by atoms with Crippen molar-refractivity contribution in [3.05, 3.63) is 29.8 Å². The van der Waals surface area contributed by atoms with Crippen LogP contribution in [0.2, 0.25) is 0 Å². The summed E-state index contributed by atoms with van der Waals surface area (Å²) in [5, 5.41) is 11.2. The van der Waals surface area contributed by atoms with E-state index < -0.39 is 36.4 Å². The van der Waals surface area contributed by atoms with Gasteiger partial charge in [-0.05, 0) is 11.6 Å². The number of carbonyl (C=O) groups is 3. The Hall–Kier alpha value is -2.57. The Morgan fingerprint density at radius 3 is 2.70 bits per heavy atom. The number of carboxylic acids is 1. The smallest absolute Gasteiger partial charge is 0.326 e. The fraction of sp³-hybridized carbons (Fsp3) is 0.308. The van der Waals surface area contributed by atoms with Crippen molar-refractivity contribution in [3.63, 3.8) is 0 Å². The highest BCUT2D eigenvalue weighted by Gasteiger charge is 2.32. The second kappa shape index (κ2) is 5.60. The summed E-state index contributed by atoms with van der Waals surface area (Å²) in [5.74, 6) is -2.08. The summed E-state index contributed by atoms with van der Waals surface area (Å²) >= 11 is 0. The zero-order chi connectivity index (χ0) is 14.7. The number of primary amides is 1. The molecule has 0 saturated heterocycles. The number of fused-ring (bicyclic) bond motifs is 1. The maximum absolute atomic E-state index is 12.0. The lowest BCUT2D eigenvalue weighted by Crippen LogP contribution is -2.48. The minimum atomic E-state index is -1.34. The van der Waals surface area contributed by atoms with Crippen molar-refractivity contribution in [2.45, 2.75) is 25.0 Å². The molecule has 7 nitrogen and oxygen atoms in total. The molecule has 2 atom stereocenters. The van der Waals surface area contributed by atoms with Gasteiger partial charge < -0.3 is 20.9 Å². The Balaban J connectivity index is 1.99. The van der Waals surface area contributed by atoms with Gasteiger partial charge in [0.1, 0.15) is 11.8 Å². The molecule has 106 valence electrons. The predicted octanol–water partition coefficient (Wildman–Crippen LogP) is -0.565. The highest BCUT2D eigenvalue weighted by atomic mass is 16.5. The molecule has 0 fully saturated rings. The number of benzene rings is 1. The fourth-order valence-corrected chi connectivity index (χ4v) is 1.99. The van der Waals surface area contributed by atoms with E-state index in [4.69, 9.17) is 15.6 Å². The van der Waals surface area contributed by atoms with E-state index in [0.717, 1.165) is 5.56 Å². The average molecular weight is 278 g/mol. The molecule has 2 rings (SSSR count). The van der Waals surface area contributed by atoms with E-state index in [2.05, 4.69) is 5.32 Å². The molecule has 1 aliphatic heterocycles. The minimum Gasteiger partial charge on any atom is -0.480 e. The van der Waals surface area contributed by atoms with Gasteiger partial charge in [-0.15, -0.1) is 0 Å². The number of para-hydroxylation sites is 1. The van der Waals surface area contributed by atoms with Crippen LogP contribution in [-0.2, 0) is 20.8 Å². The van der Waals surface area contributed by atoms with Crippen molar-refractivity contribution in [2.75, 3.05) is 0 Å². The largest absolute Gasteiger partial charge is 0.480 e. The first-order chi connectivity index (χ1) is 9.47. The minimum absolute atomic E-state index is 0.366. The molecule has 0 aromatic heterocycles. The fourth-order valence-electron chi connectivity index (χ4n) is 1.99. The number of carbonyl (C=O) groups excluding carboxylic acids is 2. The summed E-state index contributed by atoms with van der Waals surface area (Å²) in [7, 11) is 0. The first-order valence-corrected chi connectivity index (χ1v) is 6.03.